The topological polar surface area (TPSA) is 42.1 Å². The van der Waals surface area contributed by atoms with E-state index >= 15 is 0 Å². The van der Waals surface area contributed by atoms with Gasteiger partial charge in [-0.1, -0.05) is 58.8 Å². The number of rotatable bonds is 3. The predicted octanol–water partition coefficient (Wildman–Crippen LogP) is 5.47. The van der Waals surface area contributed by atoms with Crippen molar-refractivity contribution in [2.24, 2.45) is 0 Å². The molecule has 0 atom stereocenters. The van der Waals surface area contributed by atoms with Crippen LogP contribution in [0.5, 0.6) is 0 Å². The first-order valence-electron chi connectivity index (χ1n) is 6.57. The lowest BCUT2D eigenvalue weighted by molar-refractivity contribution is 1.23. The second-order valence-corrected chi connectivity index (χ2v) is 6.58. The van der Waals surface area contributed by atoms with Crippen LogP contribution in [0.15, 0.2) is 48.5 Å². The van der Waals surface area contributed by atoms with Crippen molar-refractivity contribution in [2.45, 2.75) is 0 Å². The van der Waals surface area contributed by atoms with Crippen LogP contribution in [-0.2, 0) is 0 Å². The van der Waals surface area contributed by atoms with Crippen molar-refractivity contribution in [2.75, 3.05) is 17.7 Å². The van der Waals surface area contributed by atoms with Crippen LogP contribution >= 0.6 is 34.5 Å². The molecule has 112 valence electrons. The Kier molecular flexibility index (Phi) is 4.25. The second kappa shape index (κ2) is 6.16. The van der Waals surface area contributed by atoms with Gasteiger partial charge in [-0.3, -0.25) is 0 Å². The van der Waals surface area contributed by atoms with E-state index in [9.17, 15) is 0 Å². The molecule has 2 N–H and O–H groups in total. The summed E-state index contributed by atoms with van der Waals surface area (Å²) in [4.78, 5) is 6.44. The number of nitrogens with zero attached hydrogens (tertiary/aromatic N) is 2. The molecule has 22 heavy (non-hydrogen) atoms. The quantitative estimate of drug-likeness (QED) is 0.681. The number of aromatic nitrogens is 1. The third kappa shape index (κ3) is 2.90. The first-order chi connectivity index (χ1) is 10.6. The third-order valence-electron chi connectivity index (χ3n) is 3.24. The van der Waals surface area contributed by atoms with Crippen molar-refractivity contribution in [3.05, 3.63) is 58.6 Å². The van der Waals surface area contributed by atoms with Gasteiger partial charge in [0.25, 0.3) is 0 Å². The number of benzene rings is 2. The molecule has 0 amide bonds. The molecular weight excluding hydrogens is 337 g/mol. The molecule has 0 radical (unpaired) electrons. The van der Waals surface area contributed by atoms with E-state index in [0.29, 0.717) is 15.2 Å². The zero-order chi connectivity index (χ0) is 15.7. The number of hydrogen-bond donors (Lipinski definition) is 1. The number of para-hydroxylation sites is 1. The highest BCUT2D eigenvalue weighted by molar-refractivity contribution is 7.20. The highest BCUT2D eigenvalue weighted by atomic mass is 35.5. The molecule has 0 fully saturated rings. The van der Waals surface area contributed by atoms with E-state index in [1.54, 1.807) is 0 Å². The fourth-order valence-electron chi connectivity index (χ4n) is 2.21. The van der Waals surface area contributed by atoms with Crippen LogP contribution < -0.4 is 10.6 Å². The molecule has 3 rings (SSSR count). The van der Waals surface area contributed by atoms with Crippen LogP contribution in [0.4, 0.5) is 15.8 Å². The average Bonchev–Trinajstić information content (AvgIpc) is 2.89. The van der Waals surface area contributed by atoms with Crippen molar-refractivity contribution in [1.29, 1.82) is 0 Å². The van der Waals surface area contributed by atoms with Crippen LogP contribution in [0.2, 0.25) is 10.0 Å². The maximum absolute atomic E-state index is 6.29. The molecule has 3 aromatic rings. The fraction of sp³-hybridized carbons (Fsp3) is 0.0625. The van der Waals surface area contributed by atoms with Crippen LogP contribution in [0.1, 0.15) is 0 Å². The van der Waals surface area contributed by atoms with Crippen molar-refractivity contribution in [3.63, 3.8) is 0 Å². The highest BCUT2D eigenvalue weighted by Crippen LogP contribution is 2.42. The van der Waals surface area contributed by atoms with Crippen molar-refractivity contribution in [3.8, 4) is 11.3 Å². The van der Waals surface area contributed by atoms with Gasteiger partial charge in [-0.05, 0) is 24.3 Å². The van der Waals surface area contributed by atoms with Gasteiger partial charge in [0, 0.05) is 17.6 Å². The number of anilines is 3. The fourth-order valence-corrected chi connectivity index (χ4v) is 3.50. The Balaban J connectivity index is 2.10. The lowest BCUT2D eigenvalue weighted by Crippen LogP contribution is -2.09. The molecule has 0 aliphatic heterocycles. The lowest BCUT2D eigenvalue weighted by Gasteiger charge is -2.19. The van der Waals surface area contributed by atoms with Crippen LogP contribution in [0.3, 0.4) is 0 Å². The molecule has 6 heteroatoms. The number of thiazole rings is 1. The first kappa shape index (κ1) is 15.2. The largest absolute Gasteiger partial charge is 0.375 e. The Morgan fingerprint density at radius 3 is 2.59 bits per heavy atom. The molecular formula is C16H13Cl2N3S. The summed E-state index contributed by atoms with van der Waals surface area (Å²) in [5.74, 6) is 0. The van der Waals surface area contributed by atoms with Gasteiger partial charge in [0.15, 0.2) is 5.13 Å². The van der Waals surface area contributed by atoms with Gasteiger partial charge < -0.3 is 10.6 Å². The monoisotopic (exact) mass is 349 g/mol. The first-order valence-corrected chi connectivity index (χ1v) is 8.14. The van der Waals surface area contributed by atoms with E-state index in [0.717, 1.165) is 21.9 Å². The average molecular weight is 350 g/mol. The van der Waals surface area contributed by atoms with Crippen LogP contribution in [0.25, 0.3) is 11.3 Å². The second-order valence-electron chi connectivity index (χ2n) is 4.73. The maximum Gasteiger partial charge on any atom is 0.182 e. The molecule has 0 aliphatic rings. The minimum atomic E-state index is 0.504. The Bertz CT molecular complexity index is 817. The smallest absolute Gasteiger partial charge is 0.182 e. The number of halogens is 2. The molecule has 0 spiro atoms. The summed E-state index contributed by atoms with van der Waals surface area (Å²) < 4.78 is 0. The molecule has 3 nitrogen and oxygen atoms in total. The summed E-state index contributed by atoms with van der Waals surface area (Å²) in [6, 6.07) is 15.2. The van der Waals surface area contributed by atoms with Crippen molar-refractivity contribution < 1.29 is 0 Å². The highest BCUT2D eigenvalue weighted by Gasteiger charge is 2.18. The molecule has 0 saturated carbocycles. The predicted molar refractivity (Wildman–Crippen MR) is 96.5 cm³/mol. The summed E-state index contributed by atoms with van der Waals surface area (Å²) in [5.41, 5.74) is 8.55. The zero-order valence-corrected chi connectivity index (χ0v) is 14.1. The van der Waals surface area contributed by atoms with Gasteiger partial charge >= 0.3 is 0 Å². The minimum absolute atomic E-state index is 0.504. The Labute approximate surface area is 142 Å². The van der Waals surface area contributed by atoms with Crippen LogP contribution in [-0.4, -0.2) is 12.0 Å². The lowest BCUT2D eigenvalue weighted by atomic mass is 10.1. The molecule has 0 saturated heterocycles. The molecule has 0 aliphatic carbocycles. The Morgan fingerprint density at radius 1 is 1.09 bits per heavy atom. The summed E-state index contributed by atoms with van der Waals surface area (Å²) in [7, 11) is 1.95. The summed E-state index contributed by atoms with van der Waals surface area (Å²) >= 11 is 13.8. The van der Waals surface area contributed by atoms with Gasteiger partial charge in [-0.25, -0.2) is 4.98 Å². The standard InChI is InChI=1S/C16H13Cl2N3S/c1-21(13-8-3-2-7-12(13)18)15-14(20-16(19)22-15)10-5-4-6-11(17)9-10/h2-9H,1H3,(H2,19,20). The SMILES string of the molecule is CN(c1ccccc1Cl)c1sc(N)nc1-c1cccc(Cl)c1. The molecule has 0 unspecified atom stereocenters. The van der Waals surface area contributed by atoms with E-state index in [4.69, 9.17) is 28.9 Å². The van der Waals surface area contributed by atoms with E-state index in [1.165, 1.54) is 11.3 Å². The molecule has 2 aromatic carbocycles. The van der Waals surface area contributed by atoms with Gasteiger partial charge in [-0.15, -0.1) is 0 Å². The van der Waals surface area contributed by atoms with Gasteiger partial charge in [0.2, 0.25) is 0 Å². The van der Waals surface area contributed by atoms with E-state index in [-0.39, 0.29) is 0 Å². The normalized spacial score (nSPS) is 10.7. The maximum atomic E-state index is 6.29. The third-order valence-corrected chi connectivity index (χ3v) is 4.76. The van der Waals surface area contributed by atoms with Gasteiger partial charge in [-0.2, -0.15) is 0 Å². The van der Waals surface area contributed by atoms with E-state index < -0.39 is 0 Å². The molecule has 1 heterocycles. The van der Waals surface area contributed by atoms with Crippen LogP contribution in [0, 0.1) is 0 Å². The Morgan fingerprint density at radius 2 is 1.86 bits per heavy atom. The van der Waals surface area contributed by atoms with E-state index in [2.05, 4.69) is 4.98 Å². The van der Waals surface area contributed by atoms with Crippen molar-refractivity contribution in [1.82, 2.24) is 4.98 Å². The summed E-state index contributed by atoms with van der Waals surface area (Å²) in [6.45, 7) is 0. The summed E-state index contributed by atoms with van der Waals surface area (Å²) in [5, 5.41) is 2.76. The number of hydrogen-bond acceptors (Lipinski definition) is 4. The zero-order valence-electron chi connectivity index (χ0n) is 11.8. The molecule has 1 aromatic heterocycles. The number of nitrogen functional groups attached to an aromatic ring is 1. The Hall–Kier alpha value is -1.75. The molecule has 0 bridgehead atoms. The van der Waals surface area contributed by atoms with Crippen molar-refractivity contribution >= 4 is 50.4 Å². The summed E-state index contributed by atoms with van der Waals surface area (Å²) in [6.07, 6.45) is 0. The minimum Gasteiger partial charge on any atom is -0.375 e. The van der Waals surface area contributed by atoms with Gasteiger partial charge in [0.05, 0.1) is 10.7 Å². The van der Waals surface area contributed by atoms with Gasteiger partial charge in [0.1, 0.15) is 10.7 Å². The van der Waals surface area contributed by atoms with E-state index in [1.807, 2.05) is 60.5 Å². The number of nitrogens with two attached hydrogens (primary N) is 1.